The van der Waals surface area contributed by atoms with Gasteiger partial charge in [0.15, 0.2) is 0 Å². The number of rotatable bonds is 4. The van der Waals surface area contributed by atoms with Crippen LogP contribution in [0.15, 0.2) is 18.2 Å². The van der Waals surface area contributed by atoms with Gasteiger partial charge in [-0.25, -0.2) is 0 Å². The maximum Gasteiger partial charge on any atom is 0.309 e. The second-order valence-corrected chi connectivity index (χ2v) is 5.93. The third-order valence-electron chi connectivity index (χ3n) is 4.27. The summed E-state index contributed by atoms with van der Waals surface area (Å²) in [6.45, 7) is 4.16. The number of aliphatic carboxylic acids is 1. The van der Waals surface area contributed by atoms with Crippen molar-refractivity contribution in [3.8, 4) is 5.75 Å². The number of aryl methyl sites for hydroxylation is 1. The van der Waals surface area contributed by atoms with Crippen molar-refractivity contribution < 1.29 is 14.6 Å². The van der Waals surface area contributed by atoms with Crippen LogP contribution in [-0.2, 0) is 11.2 Å². The van der Waals surface area contributed by atoms with Crippen LogP contribution in [0.2, 0.25) is 0 Å². The number of hydrogen-bond donors (Lipinski definition) is 1. The average Bonchev–Trinajstić information content (AvgIpc) is 2.72. The number of carboxylic acid groups (broad SMARTS) is 1. The van der Waals surface area contributed by atoms with E-state index >= 15 is 0 Å². The molecule has 0 aromatic heterocycles. The lowest BCUT2D eigenvalue weighted by Crippen LogP contribution is -2.30. The molecule has 1 fully saturated rings. The molecule has 1 saturated carbocycles. The van der Waals surface area contributed by atoms with Gasteiger partial charge in [-0.15, -0.1) is 0 Å². The maximum absolute atomic E-state index is 11.7. The highest BCUT2D eigenvalue weighted by molar-refractivity contribution is 5.75. The molecule has 2 rings (SSSR count). The van der Waals surface area contributed by atoms with Crippen molar-refractivity contribution in [1.82, 2.24) is 0 Å². The molecule has 0 radical (unpaired) electrons. The SMILES string of the molecule is COc1ccc(C)cc1CC1(C(=O)O)CCC(C)C1. The number of ether oxygens (including phenoxy) is 1. The van der Waals surface area contributed by atoms with E-state index in [0.717, 1.165) is 36.1 Å². The van der Waals surface area contributed by atoms with E-state index in [1.807, 2.05) is 25.1 Å². The lowest BCUT2D eigenvalue weighted by atomic mass is 9.79. The first kappa shape index (κ1) is 13.9. The molecule has 3 nitrogen and oxygen atoms in total. The molecule has 1 aromatic carbocycles. The fourth-order valence-corrected chi connectivity index (χ4v) is 3.23. The standard InChI is InChI=1S/C16H22O3/c1-11-4-5-14(19-3)13(8-11)10-16(15(17)18)7-6-12(2)9-16/h4-5,8,12H,6-7,9-10H2,1-3H3,(H,17,18). The van der Waals surface area contributed by atoms with Crippen LogP contribution in [0.1, 0.15) is 37.3 Å². The fourth-order valence-electron chi connectivity index (χ4n) is 3.23. The predicted molar refractivity (Wildman–Crippen MR) is 74.5 cm³/mol. The van der Waals surface area contributed by atoms with E-state index in [1.165, 1.54) is 0 Å². The van der Waals surface area contributed by atoms with Gasteiger partial charge >= 0.3 is 5.97 Å². The Hall–Kier alpha value is -1.51. The topological polar surface area (TPSA) is 46.5 Å². The van der Waals surface area contributed by atoms with Crippen LogP contribution in [0.3, 0.4) is 0 Å². The summed E-state index contributed by atoms with van der Waals surface area (Å²) in [7, 11) is 1.64. The second kappa shape index (κ2) is 5.24. The van der Waals surface area contributed by atoms with Crippen LogP contribution in [0, 0.1) is 18.3 Å². The highest BCUT2D eigenvalue weighted by Crippen LogP contribution is 2.45. The Balaban J connectivity index is 2.32. The molecule has 1 N–H and O–H groups in total. The van der Waals surface area contributed by atoms with Gasteiger partial charge in [0.25, 0.3) is 0 Å². The van der Waals surface area contributed by atoms with Crippen LogP contribution < -0.4 is 4.74 Å². The van der Waals surface area contributed by atoms with Gasteiger partial charge in [-0.2, -0.15) is 0 Å². The highest BCUT2D eigenvalue weighted by atomic mass is 16.5. The molecular formula is C16H22O3. The molecule has 1 aliphatic rings. The van der Waals surface area contributed by atoms with E-state index in [9.17, 15) is 9.90 Å². The minimum absolute atomic E-state index is 0.493. The Morgan fingerprint density at radius 2 is 2.26 bits per heavy atom. The molecular weight excluding hydrogens is 240 g/mol. The Morgan fingerprint density at radius 1 is 1.53 bits per heavy atom. The summed E-state index contributed by atoms with van der Waals surface area (Å²) in [5, 5.41) is 9.63. The summed E-state index contributed by atoms with van der Waals surface area (Å²) in [4.78, 5) is 11.7. The number of benzene rings is 1. The molecule has 0 bridgehead atoms. The minimum atomic E-state index is -0.666. The minimum Gasteiger partial charge on any atom is -0.496 e. The molecule has 0 saturated heterocycles. The van der Waals surface area contributed by atoms with E-state index in [4.69, 9.17) is 4.74 Å². The number of carbonyl (C=O) groups is 1. The van der Waals surface area contributed by atoms with Gasteiger partial charge in [-0.05, 0) is 50.2 Å². The van der Waals surface area contributed by atoms with E-state index < -0.39 is 11.4 Å². The van der Waals surface area contributed by atoms with E-state index in [-0.39, 0.29) is 0 Å². The third kappa shape index (κ3) is 2.75. The van der Waals surface area contributed by atoms with Crippen LogP contribution >= 0.6 is 0 Å². The highest BCUT2D eigenvalue weighted by Gasteiger charge is 2.44. The molecule has 2 unspecified atom stereocenters. The lowest BCUT2D eigenvalue weighted by molar-refractivity contribution is -0.148. The number of carboxylic acids is 1. The quantitative estimate of drug-likeness (QED) is 0.904. The van der Waals surface area contributed by atoms with Crippen molar-refractivity contribution in [3.63, 3.8) is 0 Å². The Labute approximate surface area is 114 Å². The first-order valence-electron chi connectivity index (χ1n) is 6.84. The molecule has 1 aliphatic carbocycles. The van der Waals surface area contributed by atoms with Crippen molar-refractivity contribution in [2.75, 3.05) is 7.11 Å². The van der Waals surface area contributed by atoms with E-state index in [1.54, 1.807) is 7.11 Å². The smallest absolute Gasteiger partial charge is 0.309 e. The van der Waals surface area contributed by atoms with E-state index in [2.05, 4.69) is 6.92 Å². The van der Waals surface area contributed by atoms with Crippen LogP contribution in [0.25, 0.3) is 0 Å². The van der Waals surface area contributed by atoms with Gasteiger partial charge in [-0.3, -0.25) is 4.79 Å². The van der Waals surface area contributed by atoms with Gasteiger partial charge in [0.05, 0.1) is 12.5 Å². The second-order valence-electron chi connectivity index (χ2n) is 5.93. The monoisotopic (exact) mass is 262 g/mol. The van der Waals surface area contributed by atoms with Crippen LogP contribution in [0.4, 0.5) is 0 Å². The van der Waals surface area contributed by atoms with Crippen LogP contribution in [-0.4, -0.2) is 18.2 Å². The molecule has 1 aromatic rings. The first-order valence-corrected chi connectivity index (χ1v) is 6.84. The van der Waals surface area contributed by atoms with Gasteiger partial charge in [-0.1, -0.05) is 24.6 Å². The fraction of sp³-hybridized carbons (Fsp3) is 0.562. The maximum atomic E-state index is 11.7. The summed E-state index contributed by atoms with van der Waals surface area (Å²) < 4.78 is 5.37. The Morgan fingerprint density at radius 3 is 2.79 bits per heavy atom. The Bertz CT molecular complexity index is 481. The molecule has 0 heterocycles. The number of hydrogen-bond acceptors (Lipinski definition) is 2. The summed E-state index contributed by atoms with van der Waals surface area (Å²) in [5.41, 5.74) is 1.54. The molecule has 0 spiro atoms. The summed E-state index contributed by atoms with van der Waals surface area (Å²) in [6.07, 6.45) is 3.10. The molecule has 0 amide bonds. The third-order valence-corrected chi connectivity index (χ3v) is 4.27. The predicted octanol–water partition coefficient (Wildman–Crippen LogP) is 3.44. The lowest BCUT2D eigenvalue weighted by Gasteiger charge is -2.25. The van der Waals surface area contributed by atoms with E-state index in [0.29, 0.717) is 12.3 Å². The summed E-state index contributed by atoms with van der Waals surface area (Å²) in [6, 6.07) is 5.97. The molecule has 0 aliphatic heterocycles. The first-order chi connectivity index (χ1) is 8.97. The van der Waals surface area contributed by atoms with Crippen molar-refractivity contribution in [2.24, 2.45) is 11.3 Å². The van der Waals surface area contributed by atoms with Crippen molar-refractivity contribution in [3.05, 3.63) is 29.3 Å². The molecule has 104 valence electrons. The van der Waals surface area contributed by atoms with Gasteiger partial charge in [0.1, 0.15) is 5.75 Å². The average molecular weight is 262 g/mol. The molecule has 3 heteroatoms. The van der Waals surface area contributed by atoms with Crippen LogP contribution in [0.5, 0.6) is 5.75 Å². The zero-order chi connectivity index (χ0) is 14.0. The zero-order valence-electron chi connectivity index (χ0n) is 11.9. The number of methoxy groups -OCH3 is 1. The van der Waals surface area contributed by atoms with Crippen molar-refractivity contribution >= 4 is 5.97 Å². The summed E-state index contributed by atoms with van der Waals surface area (Å²) in [5.74, 6) is 0.623. The summed E-state index contributed by atoms with van der Waals surface area (Å²) >= 11 is 0. The van der Waals surface area contributed by atoms with Gasteiger partial charge in [0, 0.05) is 0 Å². The largest absolute Gasteiger partial charge is 0.496 e. The van der Waals surface area contributed by atoms with Gasteiger partial charge in [0.2, 0.25) is 0 Å². The molecule has 2 atom stereocenters. The van der Waals surface area contributed by atoms with Gasteiger partial charge < -0.3 is 9.84 Å². The molecule has 19 heavy (non-hydrogen) atoms. The van der Waals surface area contributed by atoms with Crippen molar-refractivity contribution in [1.29, 1.82) is 0 Å². The Kier molecular flexibility index (Phi) is 3.83. The van der Waals surface area contributed by atoms with Crippen molar-refractivity contribution in [2.45, 2.75) is 39.5 Å². The normalized spacial score (nSPS) is 26.4. The zero-order valence-corrected chi connectivity index (χ0v) is 11.9.